The number of aromatic nitrogens is 2. The van der Waals surface area contributed by atoms with Gasteiger partial charge in [-0.05, 0) is 44.2 Å². The zero-order valence-corrected chi connectivity index (χ0v) is 18.8. The van der Waals surface area contributed by atoms with Crippen LogP contribution in [0.3, 0.4) is 0 Å². The summed E-state index contributed by atoms with van der Waals surface area (Å²) in [6.45, 7) is 5.17. The number of carbonyl (C=O) groups is 1. The molecule has 1 unspecified atom stereocenters. The zero-order chi connectivity index (χ0) is 23.6. The minimum absolute atomic E-state index is 0.266. The van der Waals surface area contributed by atoms with Crippen LogP contribution in [0.15, 0.2) is 53.8 Å². The zero-order valence-electron chi connectivity index (χ0n) is 18.0. The molecule has 33 heavy (non-hydrogen) atoms. The summed E-state index contributed by atoms with van der Waals surface area (Å²) in [5.41, 5.74) is 0.577. The predicted octanol–water partition coefficient (Wildman–Crippen LogP) is 5.48. The van der Waals surface area contributed by atoms with Crippen LogP contribution in [0.4, 0.5) is 18.9 Å². The minimum Gasteiger partial charge on any atom is -0.486 e. The maximum Gasteiger partial charge on any atom is 0.418 e. The number of thioether (sulfide) groups is 1. The molecule has 1 atom stereocenters. The molecule has 0 saturated carbocycles. The van der Waals surface area contributed by atoms with Crippen LogP contribution in [0, 0.1) is 0 Å². The summed E-state index contributed by atoms with van der Waals surface area (Å²) in [4.78, 5) is 17.1. The number of alkyl halides is 3. The largest absolute Gasteiger partial charge is 0.486 e. The second-order valence-corrected chi connectivity index (χ2v) is 8.63. The van der Waals surface area contributed by atoms with Gasteiger partial charge < -0.3 is 19.4 Å². The lowest BCUT2D eigenvalue weighted by Crippen LogP contribution is -2.24. The van der Waals surface area contributed by atoms with Crippen molar-refractivity contribution in [2.45, 2.75) is 37.0 Å². The van der Waals surface area contributed by atoms with E-state index in [1.165, 1.54) is 30.0 Å². The van der Waals surface area contributed by atoms with Gasteiger partial charge in [-0.2, -0.15) is 13.2 Å². The first-order valence-corrected chi connectivity index (χ1v) is 11.2. The van der Waals surface area contributed by atoms with Crippen molar-refractivity contribution in [1.82, 2.24) is 9.55 Å². The van der Waals surface area contributed by atoms with E-state index in [9.17, 15) is 18.0 Å². The van der Waals surface area contributed by atoms with Gasteiger partial charge in [-0.3, -0.25) is 4.79 Å². The van der Waals surface area contributed by atoms with Crippen molar-refractivity contribution in [2.75, 3.05) is 18.5 Å². The van der Waals surface area contributed by atoms with Gasteiger partial charge in [0.2, 0.25) is 5.91 Å². The standard InChI is InChI=1S/C23H22F3N3O3S/c1-3-29-18(15-8-9-19-20(12-15)32-11-10-31-19)13-27-22(29)33-14(2)21(30)28-17-7-5-4-6-16(17)23(24,25)26/h4-9,12-14H,3,10-11H2,1-2H3,(H,28,30). The number of nitrogens with zero attached hydrogens (tertiary/aromatic N) is 2. The summed E-state index contributed by atoms with van der Waals surface area (Å²) in [7, 11) is 0. The van der Waals surface area contributed by atoms with Gasteiger partial charge in [-0.15, -0.1) is 0 Å². The fourth-order valence-electron chi connectivity index (χ4n) is 3.48. The number of hydrogen-bond donors (Lipinski definition) is 1. The molecule has 1 aliphatic rings. The highest BCUT2D eigenvalue weighted by Crippen LogP contribution is 2.37. The first-order valence-electron chi connectivity index (χ1n) is 10.4. The number of para-hydroxylation sites is 1. The Labute approximate surface area is 193 Å². The highest BCUT2D eigenvalue weighted by atomic mass is 32.2. The van der Waals surface area contributed by atoms with Crippen molar-refractivity contribution in [3.05, 3.63) is 54.2 Å². The minimum atomic E-state index is -4.56. The highest BCUT2D eigenvalue weighted by Gasteiger charge is 2.34. The number of carbonyl (C=O) groups excluding carboxylic acids is 1. The average Bonchev–Trinajstić information content (AvgIpc) is 3.20. The molecule has 0 saturated heterocycles. The van der Waals surface area contributed by atoms with E-state index in [-0.39, 0.29) is 5.69 Å². The topological polar surface area (TPSA) is 65.4 Å². The Morgan fingerprint density at radius 2 is 1.91 bits per heavy atom. The number of nitrogens with one attached hydrogen (secondary N) is 1. The molecule has 2 heterocycles. The monoisotopic (exact) mass is 477 g/mol. The lowest BCUT2D eigenvalue weighted by atomic mass is 10.1. The molecule has 0 aliphatic carbocycles. The van der Waals surface area contributed by atoms with E-state index in [1.807, 2.05) is 29.7 Å². The number of imidazole rings is 1. The molecule has 1 N–H and O–H groups in total. The number of rotatable bonds is 6. The second-order valence-electron chi connectivity index (χ2n) is 7.32. The molecular weight excluding hydrogens is 455 g/mol. The quantitative estimate of drug-likeness (QED) is 0.477. The van der Waals surface area contributed by atoms with Gasteiger partial charge in [0.25, 0.3) is 0 Å². The van der Waals surface area contributed by atoms with Gasteiger partial charge in [-0.25, -0.2) is 4.98 Å². The van der Waals surface area contributed by atoms with Crippen molar-refractivity contribution in [3.8, 4) is 22.8 Å². The van der Waals surface area contributed by atoms with Crippen molar-refractivity contribution in [1.29, 1.82) is 0 Å². The summed E-state index contributed by atoms with van der Waals surface area (Å²) >= 11 is 1.18. The third-order valence-corrected chi connectivity index (χ3v) is 6.22. The molecule has 0 spiro atoms. The molecule has 0 fully saturated rings. The van der Waals surface area contributed by atoms with E-state index >= 15 is 0 Å². The maximum absolute atomic E-state index is 13.2. The smallest absolute Gasteiger partial charge is 0.418 e. The van der Waals surface area contributed by atoms with E-state index < -0.39 is 22.9 Å². The van der Waals surface area contributed by atoms with E-state index in [0.29, 0.717) is 36.4 Å². The third-order valence-electron chi connectivity index (χ3n) is 5.11. The fraction of sp³-hybridized carbons (Fsp3) is 0.304. The van der Waals surface area contributed by atoms with Gasteiger partial charge in [0.15, 0.2) is 16.7 Å². The number of fused-ring (bicyclic) bond motifs is 1. The molecule has 1 aliphatic heterocycles. The Hall–Kier alpha value is -3.14. The van der Waals surface area contributed by atoms with Crippen LogP contribution in [0.5, 0.6) is 11.5 Å². The number of amides is 1. The highest BCUT2D eigenvalue weighted by molar-refractivity contribution is 8.00. The molecule has 3 aromatic rings. The Morgan fingerprint density at radius 3 is 2.64 bits per heavy atom. The van der Waals surface area contributed by atoms with Crippen LogP contribution < -0.4 is 14.8 Å². The van der Waals surface area contributed by atoms with Crippen molar-refractivity contribution in [2.24, 2.45) is 0 Å². The Kier molecular flexibility index (Phi) is 6.55. The second kappa shape index (κ2) is 9.38. The molecule has 1 aromatic heterocycles. The molecule has 4 rings (SSSR count). The molecule has 6 nitrogen and oxygen atoms in total. The molecule has 0 radical (unpaired) electrons. The number of hydrogen-bond acceptors (Lipinski definition) is 5. The van der Waals surface area contributed by atoms with E-state index in [1.54, 1.807) is 13.1 Å². The average molecular weight is 478 g/mol. The van der Waals surface area contributed by atoms with Crippen molar-refractivity contribution < 1.29 is 27.4 Å². The Morgan fingerprint density at radius 1 is 1.18 bits per heavy atom. The number of halogens is 3. The van der Waals surface area contributed by atoms with Crippen LogP contribution in [-0.4, -0.2) is 33.9 Å². The van der Waals surface area contributed by atoms with Crippen LogP contribution in [0.1, 0.15) is 19.4 Å². The molecule has 10 heteroatoms. The fourth-order valence-corrected chi connectivity index (χ4v) is 4.43. The summed E-state index contributed by atoms with van der Waals surface area (Å²) in [6.07, 6.45) is -2.85. The van der Waals surface area contributed by atoms with E-state index in [2.05, 4.69) is 10.3 Å². The summed E-state index contributed by atoms with van der Waals surface area (Å²) in [5, 5.41) is 2.32. The third kappa shape index (κ3) is 4.95. The number of ether oxygens (including phenoxy) is 2. The van der Waals surface area contributed by atoms with Crippen LogP contribution >= 0.6 is 11.8 Å². The van der Waals surface area contributed by atoms with Gasteiger partial charge >= 0.3 is 6.18 Å². The van der Waals surface area contributed by atoms with Crippen LogP contribution in [0.2, 0.25) is 0 Å². The molecule has 1 amide bonds. The number of anilines is 1. The summed E-state index contributed by atoms with van der Waals surface area (Å²) < 4.78 is 52.9. The van der Waals surface area contributed by atoms with Gasteiger partial charge in [-0.1, -0.05) is 23.9 Å². The summed E-state index contributed by atoms with van der Waals surface area (Å²) in [6, 6.07) is 10.6. The lowest BCUT2D eigenvalue weighted by Gasteiger charge is -2.19. The first-order chi connectivity index (χ1) is 15.8. The van der Waals surface area contributed by atoms with E-state index in [4.69, 9.17) is 9.47 Å². The van der Waals surface area contributed by atoms with Crippen molar-refractivity contribution in [3.63, 3.8) is 0 Å². The predicted molar refractivity (Wildman–Crippen MR) is 120 cm³/mol. The van der Waals surface area contributed by atoms with Crippen molar-refractivity contribution >= 4 is 23.4 Å². The maximum atomic E-state index is 13.2. The van der Waals surface area contributed by atoms with Crippen LogP contribution in [0.25, 0.3) is 11.3 Å². The lowest BCUT2D eigenvalue weighted by molar-refractivity contribution is -0.137. The molecular formula is C23H22F3N3O3S. The van der Waals surface area contributed by atoms with Gasteiger partial charge in [0.1, 0.15) is 13.2 Å². The van der Waals surface area contributed by atoms with E-state index in [0.717, 1.165) is 17.3 Å². The first kappa shape index (κ1) is 23.0. The summed E-state index contributed by atoms with van der Waals surface area (Å²) in [5.74, 6) is 0.808. The SMILES string of the molecule is CCn1c(-c2ccc3c(c2)OCCO3)cnc1SC(C)C(=O)Nc1ccccc1C(F)(F)F. The molecule has 174 valence electrons. The molecule has 0 bridgehead atoms. The van der Waals surface area contributed by atoms with Gasteiger partial charge in [0, 0.05) is 12.1 Å². The number of benzene rings is 2. The Balaban J connectivity index is 1.52. The van der Waals surface area contributed by atoms with Gasteiger partial charge in [0.05, 0.1) is 28.4 Å². The van der Waals surface area contributed by atoms with Crippen LogP contribution in [-0.2, 0) is 17.5 Å². The Bertz CT molecular complexity index is 1160. The molecule has 2 aromatic carbocycles. The normalized spacial score (nSPS) is 14.1.